The van der Waals surface area contributed by atoms with Crippen LogP contribution in [0.5, 0.6) is 5.75 Å². The molecule has 132 valence electrons. The quantitative estimate of drug-likeness (QED) is 0.616. The van der Waals surface area contributed by atoms with Crippen molar-refractivity contribution in [3.8, 4) is 5.75 Å². The molecule has 0 heterocycles. The molecule has 6 nitrogen and oxygen atoms in total. The molecule has 0 radical (unpaired) electrons. The Morgan fingerprint density at radius 3 is 2.58 bits per heavy atom. The third-order valence-electron chi connectivity index (χ3n) is 4.58. The number of benzene rings is 1. The smallest absolute Gasteiger partial charge is 0.328 e. The van der Waals surface area contributed by atoms with Gasteiger partial charge in [-0.1, -0.05) is 32.1 Å². The number of ether oxygens (including phenoxy) is 2. The molecule has 0 aromatic heterocycles. The number of nitrogens with two attached hydrogens (primary N) is 1. The minimum Gasteiger partial charge on any atom is -0.495 e. The summed E-state index contributed by atoms with van der Waals surface area (Å²) in [7, 11) is 2.84. The lowest BCUT2D eigenvalue weighted by Gasteiger charge is -2.25. The molecule has 24 heavy (non-hydrogen) atoms. The first-order chi connectivity index (χ1) is 11.5. The van der Waals surface area contributed by atoms with Crippen LogP contribution in [0.2, 0.25) is 0 Å². The van der Waals surface area contributed by atoms with Crippen LogP contribution in [0.3, 0.4) is 0 Å². The van der Waals surface area contributed by atoms with Crippen molar-refractivity contribution in [2.24, 2.45) is 5.92 Å². The maximum absolute atomic E-state index is 12.5. The van der Waals surface area contributed by atoms with Gasteiger partial charge in [-0.15, -0.1) is 0 Å². The van der Waals surface area contributed by atoms with Gasteiger partial charge in [0.15, 0.2) is 0 Å². The Labute approximate surface area is 142 Å². The van der Waals surface area contributed by atoms with Crippen LogP contribution in [0.15, 0.2) is 18.2 Å². The van der Waals surface area contributed by atoms with Crippen molar-refractivity contribution in [1.82, 2.24) is 5.32 Å². The number of nitrogens with one attached hydrogen (secondary N) is 1. The van der Waals surface area contributed by atoms with Crippen molar-refractivity contribution < 1.29 is 19.1 Å². The summed E-state index contributed by atoms with van der Waals surface area (Å²) in [6.45, 7) is 0. The van der Waals surface area contributed by atoms with Crippen molar-refractivity contribution in [1.29, 1.82) is 0 Å². The third kappa shape index (κ3) is 4.63. The second-order valence-electron chi connectivity index (χ2n) is 6.25. The van der Waals surface area contributed by atoms with E-state index in [-0.39, 0.29) is 5.91 Å². The van der Waals surface area contributed by atoms with Gasteiger partial charge in [0.05, 0.1) is 19.9 Å². The largest absolute Gasteiger partial charge is 0.495 e. The lowest BCUT2D eigenvalue weighted by atomic mass is 9.84. The first-order valence-corrected chi connectivity index (χ1v) is 8.37. The summed E-state index contributed by atoms with van der Waals surface area (Å²) >= 11 is 0. The third-order valence-corrected chi connectivity index (χ3v) is 4.58. The van der Waals surface area contributed by atoms with Gasteiger partial charge in [-0.05, 0) is 30.5 Å². The monoisotopic (exact) mass is 334 g/mol. The van der Waals surface area contributed by atoms with Crippen LogP contribution in [-0.2, 0) is 9.53 Å². The minimum atomic E-state index is -0.630. The standard InChI is InChI=1S/C18H26N2O4/c1-23-16-11-13(8-9-14(16)19)17(21)20-15(18(22)24-2)10-12-6-4-3-5-7-12/h8-9,11-12,15H,3-7,10,19H2,1-2H3,(H,20,21). The first-order valence-electron chi connectivity index (χ1n) is 8.37. The highest BCUT2D eigenvalue weighted by molar-refractivity contribution is 5.97. The summed E-state index contributed by atoms with van der Waals surface area (Å²) in [5.41, 5.74) is 6.62. The van der Waals surface area contributed by atoms with E-state index in [0.29, 0.717) is 29.3 Å². The van der Waals surface area contributed by atoms with Gasteiger partial charge in [0, 0.05) is 5.56 Å². The van der Waals surface area contributed by atoms with E-state index in [1.807, 2.05) is 0 Å². The Balaban J connectivity index is 2.07. The molecule has 1 unspecified atom stereocenters. The van der Waals surface area contributed by atoms with E-state index in [2.05, 4.69) is 5.32 Å². The molecule has 1 aromatic rings. The molecule has 6 heteroatoms. The van der Waals surface area contributed by atoms with Crippen molar-refractivity contribution in [2.75, 3.05) is 20.0 Å². The zero-order chi connectivity index (χ0) is 17.5. The normalized spacial score (nSPS) is 16.2. The van der Waals surface area contributed by atoms with Gasteiger partial charge in [-0.25, -0.2) is 4.79 Å². The van der Waals surface area contributed by atoms with Gasteiger partial charge in [-0.3, -0.25) is 4.79 Å². The summed E-state index contributed by atoms with van der Waals surface area (Å²) in [4.78, 5) is 24.5. The molecular weight excluding hydrogens is 308 g/mol. The predicted octanol–water partition coefficient (Wildman–Crippen LogP) is 2.52. The van der Waals surface area contributed by atoms with Crippen LogP contribution in [-0.4, -0.2) is 32.1 Å². The number of hydrogen-bond donors (Lipinski definition) is 2. The lowest BCUT2D eigenvalue weighted by molar-refractivity contribution is -0.143. The molecule has 1 amide bonds. The number of amides is 1. The number of methoxy groups -OCH3 is 2. The Morgan fingerprint density at radius 1 is 1.25 bits per heavy atom. The van der Waals surface area contributed by atoms with Crippen molar-refractivity contribution in [3.05, 3.63) is 23.8 Å². The Kier molecular flexibility index (Phi) is 6.46. The zero-order valence-electron chi connectivity index (χ0n) is 14.3. The predicted molar refractivity (Wildman–Crippen MR) is 91.9 cm³/mol. The van der Waals surface area contributed by atoms with Crippen molar-refractivity contribution >= 4 is 17.6 Å². The molecule has 2 rings (SSSR count). The summed E-state index contributed by atoms with van der Waals surface area (Å²) < 4.78 is 9.99. The van der Waals surface area contributed by atoms with Crippen LogP contribution < -0.4 is 15.8 Å². The summed E-state index contributed by atoms with van der Waals surface area (Å²) in [5.74, 6) is 0.143. The molecular formula is C18H26N2O4. The van der Waals surface area contributed by atoms with Crippen LogP contribution in [0.1, 0.15) is 48.9 Å². The second-order valence-corrected chi connectivity index (χ2v) is 6.25. The Bertz CT molecular complexity index is 582. The maximum Gasteiger partial charge on any atom is 0.328 e. The fraction of sp³-hybridized carbons (Fsp3) is 0.556. The number of nitrogen functional groups attached to an aromatic ring is 1. The molecule has 1 atom stereocenters. The van der Waals surface area contributed by atoms with Crippen molar-refractivity contribution in [3.63, 3.8) is 0 Å². The fourth-order valence-electron chi connectivity index (χ4n) is 3.21. The average Bonchev–Trinajstić information content (AvgIpc) is 2.61. The summed E-state index contributed by atoms with van der Waals surface area (Å²) in [5, 5.41) is 2.79. The highest BCUT2D eigenvalue weighted by Crippen LogP contribution is 2.28. The fourth-order valence-corrected chi connectivity index (χ4v) is 3.21. The van der Waals surface area contributed by atoms with E-state index >= 15 is 0 Å². The van der Waals surface area contributed by atoms with E-state index in [4.69, 9.17) is 15.2 Å². The van der Waals surface area contributed by atoms with Gasteiger partial charge >= 0.3 is 5.97 Å². The van der Waals surface area contributed by atoms with Crippen LogP contribution >= 0.6 is 0 Å². The number of carbonyl (C=O) groups is 2. The van der Waals surface area contributed by atoms with Gasteiger partial charge in [-0.2, -0.15) is 0 Å². The highest BCUT2D eigenvalue weighted by atomic mass is 16.5. The minimum absolute atomic E-state index is 0.334. The number of anilines is 1. The van der Waals surface area contributed by atoms with Gasteiger partial charge < -0.3 is 20.5 Å². The average molecular weight is 334 g/mol. The molecule has 3 N–H and O–H groups in total. The van der Waals surface area contributed by atoms with E-state index in [9.17, 15) is 9.59 Å². The highest BCUT2D eigenvalue weighted by Gasteiger charge is 2.27. The first kappa shape index (κ1) is 18.1. The molecule has 0 aliphatic heterocycles. The number of carbonyl (C=O) groups excluding carboxylic acids is 2. The Hall–Kier alpha value is -2.24. The molecule has 0 spiro atoms. The number of esters is 1. The van der Waals surface area contributed by atoms with Crippen LogP contribution in [0.4, 0.5) is 5.69 Å². The van der Waals surface area contributed by atoms with E-state index < -0.39 is 12.0 Å². The zero-order valence-corrected chi connectivity index (χ0v) is 14.3. The molecule has 0 bridgehead atoms. The maximum atomic E-state index is 12.5. The summed E-state index contributed by atoms with van der Waals surface area (Å²) in [6.07, 6.45) is 6.42. The van der Waals surface area contributed by atoms with Gasteiger partial charge in [0.25, 0.3) is 5.91 Å². The van der Waals surface area contributed by atoms with Crippen LogP contribution in [0, 0.1) is 5.92 Å². The summed E-state index contributed by atoms with van der Waals surface area (Å²) in [6, 6.07) is 4.16. The van der Waals surface area contributed by atoms with E-state index in [1.165, 1.54) is 33.5 Å². The number of rotatable bonds is 6. The molecule has 0 saturated heterocycles. The topological polar surface area (TPSA) is 90.7 Å². The molecule has 1 fully saturated rings. The second kappa shape index (κ2) is 8.57. The molecule has 1 aliphatic rings. The van der Waals surface area contributed by atoms with Gasteiger partial charge in [0.2, 0.25) is 0 Å². The Morgan fingerprint density at radius 2 is 1.96 bits per heavy atom. The van der Waals surface area contributed by atoms with Gasteiger partial charge in [0.1, 0.15) is 11.8 Å². The van der Waals surface area contributed by atoms with E-state index in [1.54, 1.807) is 18.2 Å². The molecule has 1 saturated carbocycles. The molecule has 1 aromatic carbocycles. The SMILES string of the molecule is COC(=O)C(CC1CCCCC1)NC(=O)c1ccc(N)c(OC)c1. The lowest BCUT2D eigenvalue weighted by Crippen LogP contribution is -2.43. The number of hydrogen-bond acceptors (Lipinski definition) is 5. The van der Waals surface area contributed by atoms with Crippen molar-refractivity contribution in [2.45, 2.75) is 44.6 Å². The van der Waals surface area contributed by atoms with Crippen LogP contribution in [0.25, 0.3) is 0 Å². The molecule has 1 aliphatic carbocycles. The van der Waals surface area contributed by atoms with E-state index in [0.717, 1.165) is 12.8 Å².